The Morgan fingerprint density at radius 1 is 1.38 bits per heavy atom. The average molecular weight is 348 g/mol. The lowest BCUT2D eigenvalue weighted by Crippen LogP contribution is -2.50. The molecule has 3 amide bonds. The van der Waals surface area contributed by atoms with E-state index in [0.29, 0.717) is 23.7 Å². The molecule has 1 N–H and O–H groups in total. The number of benzene rings is 1. The number of rotatable bonds is 3. The van der Waals surface area contributed by atoms with Crippen LogP contribution in [0.25, 0.3) is 6.08 Å². The number of carbonyl (C=O) groups is 2. The Morgan fingerprint density at radius 3 is 2.92 bits per heavy atom. The molecule has 0 radical (unpaired) electrons. The van der Waals surface area contributed by atoms with Crippen LogP contribution in [0.3, 0.4) is 0 Å². The van der Waals surface area contributed by atoms with Crippen LogP contribution in [0.2, 0.25) is 5.02 Å². The first-order valence-electron chi connectivity index (χ1n) is 8.32. The molecule has 0 bridgehead atoms. The fraction of sp³-hybridized carbons (Fsp3) is 0.444. The van der Waals surface area contributed by atoms with Crippen molar-refractivity contribution in [2.24, 2.45) is 0 Å². The van der Waals surface area contributed by atoms with Crippen molar-refractivity contribution in [2.75, 3.05) is 26.2 Å². The van der Waals surface area contributed by atoms with Gasteiger partial charge >= 0.3 is 6.03 Å². The van der Waals surface area contributed by atoms with Crippen molar-refractivity contribution >= 4 is 29.6 Å². The standard InChI is InChI=1S/C18H22ClN3O2/c1-13(10-14-4-2-5-15(19)11-14)17(23)21-8-3-6-16(12-21)22-9-7-20-18(22)24/h2,4-5,10-11,16H,3,6-9,12H2,1H3,(H,20,24). The van der Waals surface area contributed by atoms with E-state index in [1.54, 1.807) is 0 Å². The maximum atomic E-state index is 12.7. The highest BCUT2D eigenvalue weighted by molar-refractivity contribution is 6.30. The van der Waals surface area contributed by atoms with E-state index >= 15 is 0 Å². The topological polar surface area (TPSA) is 52.7 Å². The predicted octanol–water partition coefficient (Wildman–Crippen LogP) is 2.76. The summed E-state index contributed by atoms with van der Waals surface area (Å²) in [5, 5.41) is 3.49. The van der Waals surface area contributed by atoms with E-state index < -0.39 is 0 Å². The van der Waals surface area contributed by atoms with Gasteiger partial charge in [-0.3, -0.25) is 4.79 Å². The zero-order valence-corrected chi connectivity index (χ0v) is 14.6. The minimum atomic E-state index is -0.0134. The second-order valence-corrected chi connectivity index (χ2v) is 6.79. The van der Waals surface area contributed by atoms with Crippen LogP contribution < -0.4 is 5.32 Å². The fourth-order valence-corrected chi connectivity index (χ4v) is 3.58. The van der Waals surface area contributed by atoms with Crippen molar-refractivity contribution in [3.8, 4) is 0 Å². The molecule has 0 spiro atoms. The van der Waals surface area contributed by atoms with Gasteiger partial charge in [0.15, 0.2) is 0 Å². The predicted molar refractivity (Wildman–Crippen MR) is 94.8 cm³/mol. The van der Waals surface area contributed by atoms with Gasteiger partial charge in [0, 0.05) is 36.8 Å². The molecule has 2 fully saturated rings. The lowest BCUT2D eigenvalue weighted by molar-refractivity contribution is -0.128. The van der Waals surface area contributed by atoms with Gasteiger partial charge in [0.05, 0.1) is 6.04 Å². The van der Waals surface area contributed by atoms with E-state index in [4.69, 9.17) is 11.6 Å². The van der Waals surface area contributed by atoms with E-state index in [2.05, 4.69) is 5.32 Å². The summed E-state index contributed by atoms with van der Waals surface area (Å²) in [5.41, 5.74) is 1.60. The lowest BCUT2D eigenvalue weighted by Gasteiger charge is -2.37. The third-order valence-electron chi connectivity index (χ3n) is 4.58. The Bertz CT molecular complexity index is 674. The second-order valence-electron chi connectivity index (χ2n) is 6.35. The van der Waals surface area contributed by atoms with Gasteiger partial charge < -0.3 is 15.1 Å². The molecule has 2 aliphatic heterocycles. The Labute approximate surface area is 147 Å². The van der Waals surface area contributed by atoms with Gasteiger partial charge in [-0.25, -0.2) is 4.79 Å². The SMILES string of the molecule is CC(=Cc1cccc(Cl)c1)C(=O)N1CCCC(N2CCNC2=O)C1. The zero-order chi connectivity index (χ0) is 17.1. The third kappa shape index (κ3) is 3.73. The van der Waals surface area contributed by atoms with E-state index in [1.807, 2.05) is 47.1 Å². The summed E-state index contributed by atoms with van der Waals surface area (Å²) in [6.07, 6.45) is 3.74. The molecular formula is C18H22ClN3O2. The molecule has 1 atom stereocenters. The van der Waals surface area contributed by atoms with Gasteiger partial charge in [-0.1, -0.05) is 23.7 Å². The van der Waals surface area contributed by atoms with Gasteiger partial charge in [0.2, 0.25) is 5.91 Å². The molecule has 24 heavy (non-hydrogen) atoms. The highest BCUT2D eigenvalue weighted by atomic mass is 35.5. The van der Waals surface area contributed by atoms with Gasteiger partial charge in [0.1, 0.15) is 0 Å². The number of hydrogen-bond acceptors (Lipinski definition) is 2. The van der Waals surface area contributed by atoms with Crippen molar-refractivity contribution in [1.29, 1.82) is 0 Å². The van der Waals surface area contributed by atoms with Crippen LogP contribution in [-0.2, 0) is 4.79 Å². The molecule has 128 valence electrons. The van der Waals surface area contributed by atoms with Crippen LogP contribution in [0, 0.1) is 0 Å². The van der Waals surface area contributed by atoms with E-state index in [0.717, 1.165) is 31.5 Å². The lowest BCUT2D eigenvalue weighted by atomic mass is 10.0. The molecule has 2 saturated heterocycles. The summed E-state index contributed by atoms with van der Waals surface area (Å²) in [7, 11) is 0. The largest absolute Gasteiger partial charge is 0.337 e. The summed E-state index contributed by atoms with van der Waals surface area (Å²) in [5.74, 6) is 0.0271. The minimum Gasteiger partial charge on any atom is -0.337 e. The average Bonchev–Trinajstić information content (AvgIpc) is 3.00. The van der Waals surface area contributed by atoms with Crippen LogP contribution in [0.1, 0.15) is 25.3 Å². The number of piperidine rings is 1. The van der Waals surface area contributed by atoms with Crippen LogP contribution in [-0.4, -0.2) is 54.0 Å². The van der Waals surface area contributed by atoms with Crippen molar-refractivity contribution in [3.05, 3.63) is 40.4 Å². The summed E-state index contributed by atoms with van der Waals surface area (Å²) in [4.78, 5) is 28.3. The molecule has 1 aromatic rings. The first-order valence-corrected chi connectivity index (χ1v) is 8.70. The highest BCUT2D eigenvalue weighted by Gasteiger charge is 2.32. The van der Waals surface area contributed by atoms with Gasteiger partial charge in [-0.15, -0.1) is 0 Å². The van der Waals surface area contributed by atoms with E-state index in [9.17, 15) is 9.59 Å². The normalized spacial score (nSPS) is 21.8. The summed E-state index contributed by atoms with van der Waals surface area (Å²) in [6, 6.07) is 7.55. The van der Waals surface area contributed by atoms with Crippen LogP contribution in [0.4, 0.5) is 4.79 Å². The van der Waals surface area contributed by atoms with E-state index in [1.165, 1.54) is 0 Å². The van der Waals surface area contributed by atoms with E-state index in [-0.39, 0.29) is 18.0 Å². The summed E-state index contributed by atoms with van der Waals surface area (Å²) < 4.78 is 0. The number of nitrogens with zero attached hydrogens (tertiary/aromatic N) is 2. The molecular weight excluding hydrogens is 326 g/mol. The molecule has 0 saturated carbocycles. The van der Waals surface area contributed by atoms with Crippen molar-refractivity contribution in [1.82, 2.24) is 15.1 Å². The molecule has 2 heterocycles. The Kier molecular flexibility index (Phi) is 5.09. The maximum absolute atomic E-state index is 12.7. The van der Waals surface area contributed by atoms with Gasteiger partial charge in [-0.2, -0.15) is 0 Å². The number of nitrogens with one attached hydrogen (secondary N) is 1. The quantitative estimate of drug-likeness (QED) is 0.855. The molecule has 0 aliphatic carbocycles. The number of carbonyl (C=O) groups excluding carboxylic acids is 2. The Morgan fingerprint density at radius 2 is 2.21 bits per heavy atom. The minimum absolute atomic E-state index is 0.0134. The first kappa shape index (κ1) is 16.8. The second kappa shape index (κ2) is 7.26. The number of halogens is 1. The highest BCUT2D eigenvalue weighted by Crippen LogP contribution is 2.20. The zero-order valence-electron chi connectivity index (χ0n) is 13.8. The smallest absolute Gasteiger partial charge is 0.317 e. The first-order chi connectivity index (χ1) is 11.5. The van der Waals surface area contributed by atoms with Crippen LogP contribution in [0.5, 0.6) is 0 Å². The summed E-state index contributed by atoms with van der Waals surface area (Å²) >= 11 is 5.99. The Balaban J connectivity index is 1.68. The Hall–Kier alpha value is -2.01. The number of likely N-dealkylation sites (tertiary alicyclic amines) is 1. The maximum Gasteiger partial charge on any atom is 0.317 e. The molecule has 1 unspecified atom stereocenters. The molecule has 1 aromatic carbocycles. The summed E-state index contributed by atoms with van der Waals surface area (Å²) in [6.45, 7) is 4.59. The fourth-order valence-electron chi connectivity index (χ4n) is 3.39. The van der Waals surface area contributed by atoms with Crippen molar-refractivity contribution in [2.45, 2.75) is 25.8 Å². The van der Waals surface area contributed by atoms with Gasteiger partial charge in [0.25, 0.3) is 0 Å². The number of hydrogen-bond donors (Lipinski definition) is 1. The monoisotopic (exact) mass is 347 g/mol. The molecule has 5 nitrogen and oxygen atoms in total. The molecule has 6 heteroatoms. The van der Waals surface area contributed by atoms with Crippen molar-refractivity contribution < 1.29 is 9.59 Å². The molecule has 0 aromatic heterocycles. The van der Waals surface area contributed by atoms with Gasteiger partial charge in [-0.05, 0) is 43.5 Å². The number of amides is 3. The van der Waals surface area contributed by atoms with Crippen molar-refractivity contribution in [3.63, 3.8) is 0 Å². The van der Waals surface area contributed by atoms with Crippen LogP contribution in [0.15, 0.2) is 29.8 Å². The van der Waals surface area contributed by atoms with Crippen LogP contribution >= 0.6 is 11.6 Å². The third-order valence-corrected chi connectivity index (χ3v) is 4.82. The number of urea groups is 1. The molecule has 3 rings (SSSR count). The molecule has 2 aliphatic rings.